The Labute approximate surface area is 134 Å². The molecule has 1 aromatic rings. The van der Waals surface area contributed by atoms with Crippen molar-refractivity contribution in [2.45, 2.75) is 6.18 Å². The summed E-state index contributed by atoms with van der Waals surface area (Å²) in [5, 5.41) is 8.53. The summed E-state index contributed by atoms with van der Waals surface area (Å²) in [4.78, 5) is 10.4. The van der Waals surface area contributed by atoms with Crippen molar-refractivity contribution in [3.63, 3.8) is 0 Å². The summed E-state index contributed by atoms with van der Waals surface area (Å²) in [6, 6.07) is 3.12. The molecule has 0 fully saturated rings. The van der Waals surface area contributed by atoms with E-state index in [-0.39, 0.29) is 5.75 Å². The molecule has 9 heteroatoms. The number of benzene rings is 1. The van der Waals surface area contributed by atoms with Gasteiger partial charge in [0.2, 0.25) is 0 Å². The van der Waals surface area contributed by atoms with Gasteiger partial charge in [-0.1, -0.05) is 0 Å². The number of alkyl halides is 3. The molecule has 0 saturated heterocycles. The monoisotopic (exact) mass is 432 g/mol. The molecular formula is C12H9Br2F3O4. The SMILES string of the molecule is O=C(O)/C=C/c1cc(Br)c(OCOCC(F)(F)F)c(Br)c1. The lowest BCUT2D eigenvalue weighted by Crippen LogP contribution is -2.19. The highest BCUT2D eigenvalue weighted by Gasteiger charge is 2.27. The van der Waals surface area contributed by atoms with Crippen molar-refractivity contribution in [3.05, 3.63) is 32.7 Å². The third-order valence-corrected chi connectivity index (χ3v) is 3.17. The summed E-state index contributed by atoms with van der Waals surface area (Å²) in [6.07, 6.45) is -2.09. The van der Waals surface area contributed by atoms with Crippen LogP contribution in [-0.4, -0.2) is 30.7 Å². The summed E-state index contributed by atoms with van der Waals surface area (Å²) in [7, 11) is 0. The minimum Gasteiger partial charge on any atom is -0.478 e. The van der Waals surface area contributed by atoms with E-state index in [9.17, 15) is 18.0 Å². The first-order chi connectivity index (χ1) is 9.69. The van der Waals surface area contributed by atoms with Gasteiger partial charge >= 0.3 is 12.1 Å². The molecule has 0 aliphatic rings. The molecule has 0 radical (unpaired) electrons. The Morgan fingerprint density at radius 3 is 2.33 bits per heavy atom. The molecule has 116 valence electrons. The van der Waals surface area contributed by atoms with E-state index in [2.05, 4.69) is 36.6 Å². The van der Waals surface area contributed by atoms with Crippen molar-refractivity contribution < 1.29 is 32.5 Å². The molecule has 0 unspecified atom stereocenters. The fourth-order valence-electron chi connectivity index (χ4n) is 1.24. The number of carbonyl (C=O) groups is 1. The Bertz CT molecular complexity index is 521. The Balaban J connectivity index is 2.70. The maximum absolute atomic E-state index is 11.9. The van der Waals surface area contributed by atoms with Crippen molar-refractivity contribution in [1.29, 1.82) is 0 Å². The van der Waals surface area contributed by atoms with E-state index < -0.39 is 25.5 Å². The smallest absolute Gasteiger partial charge is 0.411 e. The number of carboxylic acids is 1. The summed E-state index contributed by atoms with van der Waals surface area (Å²) in [6.45, 7) is -1.97. The van der Waals surface area contributed by atoms with Crippen LogP contribution in [0.3, 0.4) is 0 Å². The van der Waals surface area contributed by atoms with Gasteiger partial charge in [-0.3, -0.25) is 0 Å². The zero-order chi connectivity index (χ0) is 16.0. The second-order valence-corrected chi connectivity index (χ2v) is 5.42. The van der Waals surface area contributed by atoms with Crippen LogP contribution < -0.4 is 4.74 Å². The predicted molar refractivity (Wildman–Crippen MR) is 76.0 cm³/mol. The standard InChI is InChI=1S/C12H9Br2F3O4/c13-8-3-7(1-2-10(18)19)4-9(14)11(8)21-6-20-5-12(15,16)17/h1-4H,5-6H2,(H,18,19)/b2-1+. The van der Waals surface area contributed by atoms with Crippen LogP contribution in [0.5, 0.6) is 5.75 Å². The number of ether oxygens (including phenoxy) is 2. The zero-order valence-electron chi connectivity index (χ0n) is 10.3. The fraction of sp³-hybridized carbons (Fsp3) is 0.250. The molecule has 21 heavy (non-hydrogen) atoms. The average molecular weight is 434 g/mol. The van der Waals surface area contributed by atoms with Crippen molar-refractivity contribution in [2.75, 3.05) is 13.4 Å². The lowest BCUT2D eigenvalue weighted by Gasteiger charge is -2.12. The van der Waals surface area contributed by atoms with Gasteiger partial charge in [0.15, 0.2) is 12.5 Å². The first-order valence-corrected chi connectivity index (χ1v) is 6.95. The molecule has 0 spiro atoms. The first-order valence-electron chi connectivity index (χ1n) is 5.36. The van der Waals surface area contributed by atoms with Crippen LogP contribution in [0.1, 0.15) is 5.56 Å². The Kier molecular flexibility index (Phi) is 6.69. The van der Waals surface area contributed by atoms with Crippen molar-refractivity contribution >= 4 is 43.9 Å². The normalized spacial score (nSPS) is 11.9. The molecule has 0 aromatic heterocycles. The Morgan fingerprint density at radius 2 is 1.86 bits per heavy atom. The maximum Gasteiger partial charge on any atom is 0.411 e. The molecule has 4 nitrogen and oxygen atoms in total. The van der Waals surface area contributed by atoms with Gasteiger partial charge in [-0.25, -0.2) is 4.79 Å². The summed E-state index contributed by atoms with van der Waals surface area (Å²) in [5.41, 5.74) is 0.569. The topological polar surface area (TPSA) is 55.8 Å². The van der Waals surface area contributed by atoms with Crippen molar-refractivity contribution in [3.8, 4) is 5.75 Å². The Morgan fingerprint density at radius 1 is 1.29 bits per heavy atom. The fourth-order valence-corrected chi connectivity index (χ4v) is 2.69. The van der Waals surface area contributed by atoms with Gasteiger partial charge in [-0.15, -0.1) is 0 Å². The van der Waals surface area contributed by atoms with Gasteiger partial charge in [-0.2, -0.15) is 13.2 Å². The Hall–Kier alpha value is -1.06. The average Bonchev–Trinajstić information content (AvgIpc) is 2.33. The second-order valence-electron chi connectivity index (χ2n) is 3.71. The highest BCUT2D eigenvalue weighted by atomic mass is 79.9. The third-order valence-electron chi connectivity index (χ3n) is 1.99. The lowest BCUT2D eigenvalue weighted by atomic mass is 10.2. The van der Waals surface area contributed by atoms with Gasteiger partial charge in [0.05, 0.1) is 8.95 Å². The van der Waals surface area contributed by atoms with Crippen molar-refractivity contribution in [1.82, 2.24) is 0 Å². The molecule has 0 aliphatic carbocycles. The number of rotatable bonds is 6. The minimum atomic E-state index is -4.41. The molecule has 0 saturated carbocycles. The highest BCUT2D eigenvalue weighted by Crippen LogP contribution is 2.35. The van der Waals surface area contributed by atoms with E-state index in [4.69, 9.17) is 9.84 Å². The van der Waals surface area contributed by atoms with Gasteiger partial charge in [0, 0.05) is 6.08 Å². The minimum absolute atomic E-state index is 0.254. The van der Waals surface area contributed by atoms with Gasteiger partial charge < -0.3 is 14.6 Å². The molecule has 0 bridgehead atoms. The molecule has 0 atom stereocenters. The molecular weight excluding hydrogens is 425 g/mol. The molecule has 1 N–H and O–H groups in total. The van der Waals surface area contributed by atoms with Crippen LogP contribution in [0.25, 0.3) is 6.08 Å². The second kappa shape index (κ2) is 7.81. The number of hydrogen-bond donors (Lipinski definition) is 1. The summed E-state index contributed by atoms with van der Waals surface area (Å²) in [5.74, 6) is -0.840. The van der Waals surface area contributed by atoms with Crippen LogP contribution in [-0.2, 0) is 9.53 Å². The zero-order valence-corrected chi connectivity index (χ0v) is 13.5. The summed E-state index contributed by atoms with van der Waals surface area (Å²) < 4.78 is 46.0. The van der Waals surface area contributed by atoms with E-state index in [1.165, 1.54) is 6.08 Å². The van der Waals surface area contributed by atoms with Crippen molar-refractivity contribution in [2.24, 2.45) is 0 Å². The first kappa shape index (κ1) is 18.0. The van der Waals surface area contributed by atoms with Crippen LogP contribution in [0, 0.1) is 0 Å². The number of carboxylic acid groups (broad SMARTS) is 1. The number of halogens is 5. The third kappa shape index (κ3) is 6.96. The van der Waals surface area contributed by atoms with E-state index in [0.717, 1.165) is 6.08 Å². The molecule has 0 heterocycles. The van der Waals surface area contributed by atoms with Crippen LogP contribution >= 0.6 is 31.9 Å². The van der Waals surface area contributed by atoms with Crippen LogP contribution in [0.4, 0.5) is 13.2 Å². The molecule has 0 amide bonds. The lowest BCUT2D eigenvalue weighted by molar-refractivity contribution is -0.186. The molecule has 1 rings (SSSR count). The number of aliphatic carboxylic acids is 1. The van der Waals surface area contributed by atoms with E-state index in [0.29, 0.717) is 14.5 Å². The van der Waals surface area contributed by atoms with Crippen LogP contribution in [0.15, 0.2) is 27.2 Å². The summed E-state index contributed by atoms with van der Waals surface area (Å²) >= 11 is 6.37. The molecule has 0 aliphatic heterocycles. The van der Waals surface area contributed by atoms with Gasteiger partial charge in [0.1, 0.15) is 6.61 Å². The largest absolute Gasteiger partial charge is 0.478 e. The highest BCUT2D eigenvalue weighted by molar-refractivity contribution is 9.11. The van der Waals surface area contributed by atoms with E-state index in [1.807, 2.05) is 0 Å². The van der Waals surface area contributed by atoms with Crippen LogP contribution in [0.2, 0.25) is 0 Å². The van der Waals surface area contributed by atoms with E-state index >= 15 is 0 Å². The van der Waals surface area contributed by atoms with Gasteiger partial charge in [-0.05, 0) is 55.6 Å². The molecule has 1 aromatic carbocycles. The quantitative estimate of drug-likeness (QED) is 0.414. The van der Waals surface area contributed by atoms with E-state index in [1.54, 1.807) is 12.1 Å². The number of hydrogen-bond acceptors (Lipinski definition) is 3. The predicted octanol–water partition coefficient (Wildman–Crippen LogP) is 4.22. The maximum atomic E-state index is 11.9. The van der Waals surface area contributed by atoms with Gasteiger partial charge in [0.25, 0.3) is 0 Å².